The fourth-order valence-corrected chi connectivity index (χ4v) is 3.41. The van der Waals surface area contributed by atoms with Crippen LogP contribution in [0.1, 0.15) is 49.7 Å². The first kappa shape index (κ1) is 16.6. The van der Waals surface area contributed by atoms with E-state index in [9.17, 15) is 4.79 Å². The van der Waals surface area contributed by atoms with Crippen molar-refractivity contribution >= 4 is 5.97 Å². The summed E-state index contributed by atoms with van der Waals surface area (Å²) in [5.41, 5.74) is 2.35. The molecule has 2 atom stereocenters. The Bertz CT molecular complexity index is 666. The third kappa shape index (κ3) is 4.38. The maximum absolute atomic E-state index is 11.4. The normalized spacial score (nSPS) is 20.4. The van der Waals surface area contributed by atoms with Crippen LogP contribution in [0, 0.1) is 0 Å². The molecule has 0 aromatic heterocycles. The molecule has 0 spiro atoms. The van der Waals surface area contributed by atoms with Crippen molar-refractivity contribution in [1.82, 2.24) is 0 Å². The van der Waals surface area contributed by atoms with Gasteiger partial charge < -0.3 is 9.47 Å². The highest BCUT2D eigenvalue weighted by molar-refractivity contribution is 5.66. The van der Waals surface area contributed by atoms with E-state index in [0.717, 1.165) is 30.6 Å². The molecule has 24 heavy (non-hydrogen) atoms. The number of benzene rings is 2. The number of hydrogen-bond acceptors (Lipinski definition) is 3. The molecule has 2 aromatic carbocycles. The van der Waals surface area contributed by atoms with Gasteiger partial charge in [0.15, 0.2) is 0 Å². The molecule has 1 aliphatic carbocycles. The first-order chi connectivity index (χ1) is 11.7. The van der Waals surface area contributed by atoms with Gasteiger partial charge in [-0.05, 0) is 42.5 Å². The highest BCUT2D eigenvalue weighted by atomic mass is 16.5. The summed E-state index contributed by atoms with van der Waals surface area (Å²) in [6.07, 6.45) is 4.29. The molecular formula is C21H24O3. The molecule has 3 heteroatoms. The van der Waals surface area contributed by atoms with Crippen molar-refractivity contribution in [3.05, 3.63) is 65.7 Å². The fourth-order valence-electron chi connectivity index (χ4n) is 3.41. The van der Waals surface area contributed by atoms with Crippen LogP contribution in [-0.2, 0) is 16.1 Å². The zero-order valence-corrected chi connectivity index (χ0v) is 14.1. The summed E-state index contributed by atoms with van der Waals surface area (Å²) in [7, 11) is 0. The Morgan fingerprint density at radius 3 is 2.62 bits per heavy atom. The molecule has 1 fully saturated rings. The van der Waals surface area contributed by atoms with Gasteiger partial charge in [-0.1, -0.05) is 48.9 Å². The van der Waals surface area contributed by atoms with Crippen molar-refractivity contribution in [2.45, 2.75) is 51.2 Å². The minimum absolute atomic E-state index is 0.0133. The molecule has 1 saturated carbocycles. The summed E-state index contributed by atoms with van der Waals surface area (Å²) < 4.78 is 11.5. The second-order valence-corrected chi connectivity index (χ2v) is 6.39. The van der Waals surface area contributed by atoms with Gasteiger partial charge in [0.1, 0.15) is 18.5 Å². The highest BCUT2D eigenvalue weighted by Gasteiger charge is 2.29. The Balaban J connectivity index is 1.70. The maximum Gasteiger partial charge on any atom is 0.302 e. The number of rotatable bonds is 5. The van der Waals surface area contributed by atoms with E-state index in [1.54, 1.807) is 0 Å². The van der Waals surface area contributed by atoms with Crippen LogP contribution in [0.3, 0.4) is 0 Å². The predicted molar refractivity (Wildman–Crippen MR) is 94.0 cm³/mol. The third-order valence-corrected chi connectivity index (χ3v) is 4.55. The van der Waals surface area contributed by atoms with Gasteiger partial charge in [0, 0.05) is 12.8 Å². The Morgan fingerprint density at radius 2 is 1.83 bits per heavy atom. The van der Waals surface area contributed by atoms with Crippen LogP contribution in [0.15, 0.2) is 54.6 Å². The summed E-state index contributed by atoms with van der Waals surface area (Å²) >= 11 is 0. The molecule has 0 amide bonds. The van der Waals surface area contributed by atoms with Crippen LogP contribution in [-0.4, -0.2) is 12.1 Å². The molecule has 0 saturated heterocycles. The van der Waals surface area contributed by atoms with Gasteiger partial charge in [-0.15, -0.1) is 0 Å². The van der Waals surface area contributed by atoms with Crippen LogP contribution in [0.4, 0.5) is 0 Å². The third-order valence-electron chi connectivity index (χ3n) is 4.55. The number of esters is 1. The van der Waals surface area contributed by atoms with E-state index in [1.165, 1.54) is 18.9 Å². The van der Waals surface area contributed by atoms with E-state index in [4.69, 9.17) is 9.47 Å². The van der Waals surface area contributed by atoms with Crippen molar-refractivity contribution in [3.8, 4) is 5.75 Å². The lowest BCUT2D eigenvalue weighted by Gasteiger charge is -2.31. The van der Waals surface area contributed by atoms with Crippen molar-refractivity contribution < 1.29 is 14.3 Å². The van der Waals surface area contributed by atoms with Crippen LogP contribution in [0.2, 0.25) is 0 Å². The Morgan fingerprint density at radius 1 is 1.04 bits per heavy atom. The Hall–Kier alpha value is -2.29. The lowest BCUT2D eigenvalue weighted by atomic mass is 9.81. The Labute approximate surface area is 143 Å². The largest absolute Gasteiger partial charge is 0.489 e. The molecule has 2 aromatic rings. The predicted octanol–water partition coefficient (Wildman–Crippen LogP) is 4.85. The van der Waals surface area contributed by atoms with Gasteiger partial charge in [0.25, 0.3) is 0 Å². The molecule has 0 aliphatic heterocycles. The minimum Gasteiger partial charge on any atom is -0.489 e. The molecule has 3 nitrogen and oxygen atoms in total. The van der Waals surface area contributed by atoms with E-state index in [1.807, 2.05) is 30.3 Å². The van der Waals surface area contributed by atoms with Crippen molar-refractivity contribution in [1.29, 1.82) is 0 Å². The molecule has 126 valence electrons. The molecule has 0 N–H and O–H groups in total. The van der Waals surface area contributed by atoms with Gasteiger partial charge >= 0.3 is 5.97 Å². The Kier molecular flexibility index (Phi) is 5.52. The SMILES string of the molecule is CC(=O)OC1CCCCC1c1cccc(OCc2ccccc2)c1. The summed E-state index contributed by atoms with van der Waals surface area (Å²) in [6.45, 7) is 2.05. The highest BCUT2D eigenvalue weighted by Crippen LogP contribution is 2.36. The van der Waals surface area contributed by atoms with Gasteiger partial charge in [0.2, 0.25) is 0 Å². The average Bonchev–Trinajstić information content (AvgIpc) is 2.61. The molecule has 0 bridgehead atoms. The molecule has 0 heterocycles. The molecule has 1 aliphatic rings. The number of ether oxygens (including phenoxy) is 2. The van der Waals surface area contributed by atoms with Crippen LogP contribution >= 0.6 is 0 Å². The van der Waals surface area contributed by atoms with E-state index in [2.05, 4.69) is 24.3 Å². The fraction of sp³-hybridized carbons (Fsp3) is 0.381. The van der Waals surface area contributed by atoms with Gasteiger partial charge in [-0.3, -0.25) is 4.79 Å². The van der Waals surface area contributed by atoms with Gasteiger partial charge in [0.05, 0.1) is 0 Å². The van der Waals surface area contributed by atoms with Gasteiger partial charge in [-0.2, -0.15) is 0 Å². The van der Waals surface area contributed by atoms with Crippen molar-refractivity contribution in [2.75, 3.05) is 0 Å². The summed E-state index contributed by atoms with van der Waals surface area (Å²) in [4.78, 5) is 11.4. The quantitative estimate of drug-likeness (QED) is 0.737. The lowest BCUT2D eigenvalue weighted by Crippen LogP contribution is -2.27. The first-order valence-corrected chi connectivity index (χ1v) is 8.66. The number of carbonyl (C=O) groups excluding carboxylic acids is 1. The van der Waals surface area contributed by atoms with Crippen LogP contribution < -0.4 is 4.74 Å². The second-order valence-electron chi connectivity index (χ2n) is 6.39. The molecule has 3 rings (SSSR count). The zero-order valence-electron chi connectivity index (χ0n) is 14.1. The zero-order chi connectivity index (χ0) is 16.8. The molecule has 2 unspecified atom stereocenters. The second kappa shape index (κ2) is 8.00. The average molecular weight is 324 g/mol. The number of carbonyl (C=O) groups is 1. The maximum atomic E-state index is 11.4. The van der Waals surface area contributed by atoms with Crippen molar-refractivity contribution in [2.24, 2.45) is 0 Å². The van der Waals surface area contributed by atoms with E-state index < -0.39 is 0 Å². The summed E-state index contributed by atoms with van der Waals surface area (Å²) in [5, 5.41) is 0. The minimum atomic E-state index is -0.191. The first-order valence-electron chi connectivity index (χ1n) is 8.66. The van der Waals surface area contributed by atoms with E-state index in [0.29, 0.717) is 6.61 Å². The topological polar surface area (TPSA) is 35.5 Å². The monoisotopic (exact) mass is 324 g/mol. The van der Waals surface area contributed by atoms with E-state index >= 15 is 0 Å². The summed E-state index contributed by atoms with van der Waals surface area (Å²) in [6, 6.07) is 18.4. The molecular weight excluding hydrogens is 300 g/mol. The van der Waals surface area contributed by atoms with Crippen LogP contribution in [0.5, 0.6) is 5.75 Å². The molecule has 0 radical (unpaired) electrons. The van der Waals surface area contributed by atoms with Crippen molar-refractivity contribution in [3.63, 3.8) is 0 Å². The van der Waals surface area contributed by atoms with E-state index in [-0.39, 0.29) is 18.0 Å². The van der Waals surface area contributed by atoms with Crippen LogP contribution in [0.25, 0.3) is 0 Å². The van der Waals surface area contributed by atoms with Gasteiger partial charge in [-0.25, -0.2) is 0 Å². The lowest BCUT2D eigenvalue weighted by molar-refractivity contribution is -0.148. The summed E-state index contributed by atoms with van der Waals surface area (Å²) in [5.74, 6) is 0.940. The number of hydrogen-bond donors (Lipinski definition) is 0. The smallest absolute Gasteiger partial charge is 0.302 e. The standard InChI is InChI=1S/C21H24O3/c1-16(22)24-21-13-6-5-12-20(21)18-10-7-11-19(14-18)23-15-17-8-3-2-4-9-17/h2-4,7-11,14,20-21H,5-6,12-13,15H2,1H3.